The van der Waals surface area contributed by atoms with E-state index in [1.54, 1.807) is 12.2 Å². The molecule has 1 N–H and O–H groups in total. The van der Waals surface area contributed by atoms with Crippen molar-refractivity contribution >= 4 is 5.91 Å². The van der Waals surface area contributed by atoms with Crippen LogP contribution >= 0.6 is 0 Å². The summed E-state index contributed by atoms with van der Waals surface area (Å²) in [6.45, 7) is 1.91. The zero-order valence-electron chi connectivity index (χ0n) is 5.87. The van der Waals surface area contributed by atoms with Crippen molar-refractivity contribution in [3.63, 3.8) is 0 Å². The van der Waals surface area contributed by atoms with E-state index in [1.807, 2.05) is 19.1 Å². The monoisotopic (exact) mass is 136 g/mol. The molecule has 0 saturated carbocycles. The minimum Gasteiger partial charge on any atom is -0.268 e. The Kier molecular flexibility index (Phi) is 5.06. The average Bonchev–Trinajstić information content (AvgIpc) is 1.87. The molecule has 0 aliphatic carbocycles. The van der Waals surface area contributed by atoms with E-state index in [0.29, 0.717) is 0 Å². The number of allylic oxidation sites excluding steroid dienone is 5. The van der Waals surface area contributed by atoms with Crippen LogP contribution in [-0.2, 0) is 4.79 Å². The van der Waals surface area contributed by atoms with Crippen molar-refractivity contribution < 1.29 is 4.79 Å². The van der Waals surface area contributed by atoms with Gasteiger partial charge in [0.15, 0.2) is 0 Å². The predicted molar refractivity (Wildman–Crippen MR) is 41.2 cm³/mol. The minimum atomic E-state index is -0.676. The van der Waals surface area contributed by atoms with E-state index in [9.17, 15) is 4.79 Å². The Morgan fingerprint density at radius 3 is 2.30 bits per heavy atom. The first-order chi connectivity index (χ1) is 4.77. The van der Waals surface area contributed by atoms with E-state index in [0.717, 1.165) is 0 Å². The Bertz CT molecular complexity index is 178. The van der Waals surface area contributed by atoms with E-state index >= 15 is 0 Å². The smallest absolute Gasteiger partial charge is 0.262 e. The maximum atomic E-state index is 10.0. The quantitative estimate of drug-likeness (QED) is 0.428. The maximum absolute atomic E-state index is 10.0. The molecule has 0 aromatic heterocycles. The Morgan fingerprint density at radius 2 is 1.80 bits per heavy atom. The molecule has 0 spiro atoms. The van der Waals surface area contributed by atoms with Gasteiger partial charge in [-0.3, -0.25) is 10.5 Å². The summed E-state index contributed by atoms with van der Waals surface area (Å²) in [4.78, 5) is 10.0. The van der Waals surface area contributed by atoms with Gasteiger partial charge in [-0.25, -0.2) is 0 Å². The lowest BCUT2D eigenvalue weighted by Crippen LogP contribution is -1.88. The van der Waals surface area contributed by atoms with Crippen molar-refractivity contribution in [1.29, 1.82) is 0 Å². The van der Waals surface area contributed by atoms with E-state index in [-0.39, 0.29) is 0 Å². The van der Waals surface area contributed by atoms with Crippen molar-refractivity contribution in [3.8, 4) is 0 Å². The lowest BCUT2D eigenvalue weighted by molar-refractivity contribution is -0.114. The second kappa shape index (κ2) is 5.82. The highest BCUT2D eigenvalue weighted by molar-refractivity contribution is 5.85. The van der Waals surface area contributed by atoms with Crippen LogP contribution in [0.4, 0.5) is 0 Å². The van der Waals surface area contributed by atoms with Crippen molar-refractivity contribution in [2.24, 2.45) is 0 Å². The van der Waals surface area contributed by atoms with Crippen LogP contribution in [-0.4, -0.2) is 5.91 Å². The molecule has 10 heavy (non-hydrogen) atoms. The number of hydrogen-bond donors (Lipinski definition) is 0. The third kappa shape index (κ3) is 6.69. The van der Waals surface area contributed by atoms with Crippen LogP contribution in [0.5, 0.6) is 0 Å². The summed E-state index contributed by atoms with van der Waals surface area (Å²) in [5, 5.41) is 0. The zero-order valence-corrected chi connectivity index (χ0v) is 5.87. The van der Waals surface area contributed by atoms with Crippen LogP contribution in [0.2, 0.25) is 0 Å². The molecule has 0 fully saturated rings. The van der Waals surface area contributed by atoms with Crippen LogP contribution in [0.1, 0.15) is 6.92 Å². The Balaban J connectivity index is 3.62. The van der Waals surface area contributed by atoms with Crippen LogP contribution in [0.25, 0.3) is 0 Å². The lowest BCUT2D eigenvalue weighted by atomic mass is 10.4. The Hall–Kier alpha value is -1.31. The van der Waals surface area contributed by atoms with Crippen LogP contribution < -0.4 is 5.73 Å². The van der Waals surface area contributed by atoms with E-state index in [4.69, 9.17) is 5.73 Å². The van der Waals surface area contributed by atoms with E-state index < -0.39 is 5.91 Å². The van der Waals surface area contributed by atoms with Crippen molar-refractivity contribution in [3.05, 3.63) is 36.5 Å². The van der Waals surface area contributed by atoms with Crippen LogP contribution in [0, 0.1) is 0 Å². The summed E-state index contributed by atoms with van der Waals surface area (Å²) < 4.78 is 0. The first-order valence-corrected chi connectivity index (χ1v) is 2.99. The Morgan fingerprint density at radius 1 is 1.20 bits per heavy atom. The molecular weight excluding hydrogens is 126 g/mol. The number of carbonyl (C=O) groups is 1. The molecule has 0 heterocycles. The molecule has 0 atom stereocenters. The van der Waals surface area contributed by atoms with Gasteiger partial charge in [-0.1, -0.05) is 30.4 Å². The Labute approximate surface area is 60.7 Å². The van der Waals surface area contributed by atoms with Crippen molar-refractivity contribution in [1.82, 2.24) is 5.73 Å². The number of nitrogens with one attached hydrogen (secondary N) is 1. The van der Waals surface area contributed by atoms with Gasteiger partial charge in [0, 0.05) is 6.08 Å². The molecule has 0 saturated heterocycles. The fraction of sp³-hybridized carbons (Fsp3) is 0.125. The molecule has 0 aliphatic heterocycles. The number of amides is 1. The molecule has 0 aromatic carbocycles. The van der Waals surface area contributed by atoms with Crippen LogP contribution in [0.3, 0.4) is 0 Å². The van der Waals surface area contributed by atoms with Gasteiger partial charge in [0.25, 0.3) is 5.91 Å². The molecule has 0 rings (SSSR count). The molecule has 53 valence electrons. The van der Waals surface area contributed by atoms with Gasteiger partial charge >= 0.3 is 0 Å². The molecule has 0 aliphatic rings. The summed E-state index contributed by atoms with van der Waals surface area (Å²) in [5.41, 5.74) is 6.48. The van der Waals surface area contributed by atoms with Crippen molar-refractivity contribution in [2.45, 2.75) is 6.92 Å². The van der Waals surface area contributed by atoms with Crippen molar-refractivity contribution in [2.75, 3.05) is 0 Å². The summed E-state index contributed by atoms with van der Waals surface area (Å²) >= 11 is 0. The highest BCUT2D eigenvalue weighted by atomic mass is 16.1. The van der Waals surface area contributed by atoms with Gasteiger partial charge in [0.1, 0.15) is 0 Å². The summed E-state index contributed by atoms with van der Waals surface area (Å²) in [7, 11) is 0. The fourth-order valence-electron chi connectivity index (χ4n) is 0.382. The largest absolute Gasteiger partial charge is 0.268 e. The topological polar surface area (TPSA) is 40.9 Å². The van der Waals surface area contributed by atoms with E-state index in [2.05, 4.69) is 0 Å². The number of rotatable bonds is 3. The van der Waals surface area contributed by atoms with Gasteiger partial charge in [-0.05, 0) is 6.92 Å². The highest BCUT2D eigenvalue weighted by Gasteiger charge is 1.77. The van der Waals surface area contributed by atoms with Gasteiger partial charge in [-0.15, -0.1) is 0 Å². The first-order valence-electron chi connectivity index (χ1n) is 2.99. The summed E-state index contributed by atoms with van der Waals surface area (Å²) in [6, 6.07) is 0. The standard InChI is InChI=1S/C8H10NO/c1-2-3-4-5-6-7-8(9)10/h2-7,9H,1H3. The third-order valence-corrected chi connectivity index (χ3v) is 0.773. The summed E-state index contributed by atoms with van der Waals surface area (Å²) in [6.07, 6.45) is 9.95. The van der Waals surface area contributed by atoms with Crippen LogP contribution in [0.15, 0.2) is 36.5 Å². The molecule has 0 unspecified atom stereocenters. The molecule has 0 aromatic rings. The van der Waals surface area contributed by atoms with Gasteiger partial charge in [0.2, 0.25) is 0 Å². The normalized spacial score (nSPS) is 12.1. The third-order valence-electron chi connectivity index (χ3n) is 0.773. The van der Waals surface area contributed by atoms with Gasteiger partial charge < -0.3 is 0 Å². The fourth-order valence-corrected chi connectivity index (χ4v) is 0.382. The highest BCUT2D eigenvalue weighted by Crippen LogP contribution is 1.78. The SMILES string of the molecule is CC=CC=CC=CC([NH])=O. The average molecular weight is 136 g/mol. The molecule has 1 amide bonds. The minimum absolute atomic E-state index is 0.676. The molecule has 0 bridgehead atoms. The number of hydrogen-bond acceptors (Lipinski definition) is 1. The predicted octanol–water partition coefficient (Wildman–Crippen LogP) is 1.48. The molecular formula is C8H10NO. The first kappa shape index (κ1) is 8.69. The molecule has 2 nitrogen and oxygen atoms in total. The summed E-state index contributed by atoms with van der Waals surface area (Å²) in [5.74, 6) is -0.676. The molecule has 1 radical (unpaired) electrons. The van der Waals surface area contributed by atoms with Gasteiger partial charge in [-0.2, -0.15) is 0 Å². The zero-order chi connectivity index (χ0) is 7.82. The lowest BCUT2D eigenvalue weighted by Gasteiger charge is -1.73. The number of carbonyl (C=O) groups excluding carboxylic acids is 1. The second-order valence-electron chi connectivity index (χ2n) is 1.63. The van der Waals surface area contributed by atoms with Gasteiger partial charge in [0.05, 0.1) is 0 Å². The maximum Gasteiger partial charge on any atom is 0.262 e. The second-order valence-corrected chi connectivity index (χ2v) is 1.63. The molecule has 2 heteroatoms. The van der Waals surface area contributed by atoms with E-state index in [1.165, 1.54) is 12.2 Å².